The predicted octanol–water partition coefficient (Wildman–Crippen LogP) is 2.24. The summed E-state index contributed by atoms with van der Waals surface area (Å²) in [7, 11) is 0. The van der Waals surface area contributed by atoms with Crippen LogP contribution < -0.4 is 10.2 Å². The highest BCUT2D eigenvalue weighted by molar-refractivity contribution is 5.94. The molecule has 1 amide bonds. The molecule has 1 heterocycles. The molecule has 1 fully saturated rings. The fourth-order valence-electron chi connectivity index (χ4n) is 3.13. The number of carbonyl (C=O) groups is 1. The average Bonchev–Trinajstić information content (AvgIpc) is 3.09. The summed E-state index contributed by atoms with van der Waals surface area (Å²) in [6.07, 6.45) is 2.66. The number of carbonyl (C=O) groups excluding carboxylic acids is 1. The van der Waals surface area contributed by atoms with E-state index in [0.717, 1.165) is 12.1 Å². The smallest absolute Gasteiger partial charge is 0.251 e. The zero-order valence-electron chi connectivity index (χ0n) is 14.1. The van der Waals surface area contributed by atoms with Crippen molar-refractivity contribution in [1.29, 1.82) is 0 Å². The lowest BCUT2D eigenvalue weighted by Gasteiger charge is -2.12. The average molecular weight is 327 g/mol. The Kier molecular flexibility index (Phi) is 5.26. The first-order chi connectivity index (χ1) is 11.6. The van der Waals surface area contributed by atoms with Gasteiger partial charge in [-0.2, -0.15) is 0 Å². The maximum absolute atomic E-state index is 13.5. The van der Waals surface area contributed by atoms with Crippen LogP contribution in [0.5, 0.6) is 0 Å². The van der Waals surface area contributed by atoms with Gasteiger partial charge in [-0.15, -0.1) is 0 Å². The summed E-state index contributed by atoms with van der Waals surface area (Å²) in [5.41, 5.74) is 3.29. The van der Waals surface area contributed by atoms with Gasteiger partial charge in [0.2, 0.25) is 0 Å². The van der Waals surface area contributed by atoms with Crippen LogP contribution in [0.1, 0.15) is 39.9 Å². The lowest BCUT2D eigenvalue weighted by Crippen LogP contribution is -3.08. The Hall–Kier alpha value is -2.20. The van der Waals surface area contributed by atoms with E-state index in [1.165, 1.54) is 37.6 Å². The third-order valence-corrected chi connectivity index (χ3v) is 4.67. The van der Waals surface area contributed by atoms with Gasteiger partial charge in [0.05, 0.1) is 13.1 Å². The van der Waals surface area contributed by atoms with Crippen LogP contribution in [0.15, 0.2) is 42.5 Å². The van der Waals surface area contributed by atoms with E-state index in [4.69, 9.17) is 0 Å². The number of hydrogen-bond donors (Lipinski definition) is 2. The molecule has 1 aliphatic rings. The first-order valence-electron chi connectivity index (χ1n) is 8.57. The minimum Gasteiger partial charge on any atom is -0.348 e. The van der Waals surface area contributed by atoms with Crippen molar-refractivity contribution >= 4 is 5.91 Å². The lowest BCUT2D eigenvalue weighted by atomic mass is 10.1. The van der Waals surface area contributed by atoms with E-state index in [-0.39, 0.29) is 11.7 Å². The molecule has 3 rings (SSSR count). The summed E-state index contributed by atoms with van der Waals surface area (Å²) in [6.45, 7) is 5.75. The van der Waals surface area contributed by atoms with Crippen LogP contribution in [-0.4, -0.2) is 19.0 Å². The Morgan fingerprint density at radius 2 is 1.75 bits per heavy atom. The molecule has 0 aliphatic carbocycles. The molecule has 0 spiro atoms. The van der Waals surface area contributed by atoms with Crippen molar-refractivity contribution in [1.82, 2.24) is 5.32 Å². The molecule has 1 aliphatic heterocycles. The highest BCUT2D eigenvalue weighted by atomic mass is 19.1. The lowest BCUT2D eigenvalue weighted by molar-refractivity contribution is -0.901. The van der Waals surface area contributed by atoms with E-state index in [2.05, 4.69) is 29.6 Å². The van der Waals surface area contributed by atoms with E-state index in [9.17, 15) is 9.18 Å². The number of nitrogens with one attached hydrogen (secondary N) is 2. The van der Waals surface area contributed by atoms with Crippen molar-refractivity contribution in [3.8, 4) is 0 Å². The zero-order valence-corrected chi connectivity index (χ0v) is 14.1. The molecule has 126 valence electrons. The fraction of sp³-hybridized carbons (Fsp3) is 0.350. The van der Waals surface area contributed by atoms with Crippen LogP contribution in [0.3, 0.4) is 0 Å². The normalized spacial score (nSPS) is 14.8. The van der Waals surface area contributed by atoms with E-state index in [1.54, 1.807) is 24.0 Å². The number of likely N-dealkylation sites (tertiary alicyclic amines) is 1. The minimum atomic E-state index is -0.351. The van der Waals surface area contributed by atoms with Crippen LogP contribution in [0.2, 0.25) is 0 Å². The van der Waals surface area contributed by atoms with Gasteiger partial charge in [-0.05, 0) is 30.2 Å². The molecule has 0 radical (unpaired) electrons. The van der Waals surface area contributed by atoms with Crippen LogP contribution in [0, 0.1) is 12.7 Å². The number of aryl methyl sites for hydroxylation is 1. The van der Waals surface area contributed by atoms with Gasteiger partial charge in [-0.3, -0.25) is 4.79 Å². The third kappa shape index (κ3) is 4.20. The molecule has 0 bridgehead atoms. The van der Waals surface area contributed by atoms with E-state index in [1.807, 2.05) is 0 Å². The molecule has 2 aromatic carbocycles. The number of benzene rings is 2. The molecule has 0 aromatic heterocycles. The zero-order chi connectivity index (χ0) is 16.9. The molecule has 3 nitrogen and oxygen atoms in total. The molecule has 24 heavy (non-hydrogen) atoms. The largest absolute Gasteiger partial charge is 0.348 e. The topological polar surface area (TPSA) is 33.5 Å². The number of rotatable bonds is 5. The van der Waals surface area contributed by atoms with Gasteiger partial charge in [-0.1, -0.05) is 30.3 Å². The van der Waals surface area contributed by atoms with Crippen LogP contribution >= 0.6 is 0 Å². The maximum Gasteiger partial charge on any atom is 0.251 e. The molecule has 0 saturated carbocycles. The highest BCUT2D eigenvalue weighted by Crippen LogP contribution is 2.10. The molecule has 2 N–H and O–H groups in total. The SMILES string of the molecule is Cc1ccc(C(=O)NCc2ccc(C[NH+]3CCCC3)cc2)cc1F. The Morgan fingerprint density at radius 1 is 1.08 bits per heavy atom. The molecule has 2 aromatic rings. The van der Waals surface area contributed by atoms with Gasteiger partial charge in [0, 0.05) is 30.5 Å². The van der Waals surface area contributed by atoms with Gasteiger partial charge in [0.15, 0.2) is 0 Å². The predicted molar refractivity (Wildman–Crippen MR) is 92.4 cm³/mol. The first kappa shape index (κ1) is 16.7. The van der Waals surface area contributed by atoms with Crippen molar-refractivity contribution in [2.24, 2.45) is 0 Å². The van der Waals surface area contributed by atoms with E-state index < -0.39 is 0 Å². The molecule has 0 unspecified atom stereocenters. The highest BCUT2D eigenvalue weighted by Gasteiger charge is 2.15. The van der Waals surface area contributed by atoms with Gasteiger partial charge >= 0.3 is 0 Å². The molecular formula is C20H24FN2O+. The second-order valence-corrected chi connectivity index (χ2v) is 6.60. The summed E-state index contributed by atoms with van der Waals surface area (Å²) >= 11 is 0. The quantitative estimate of drug-likeness (QED) is 0.868. The standard InChI is InChI=1S/C20H23FN2O/c1-15-4-9-18(12-19(15)21)20(24)22-13-16-5-7-17(8-6-16)14-23-10-2-3-11-23/h4-9,12H,2-3,10-11,13-14H2,1H3,(H,22,24)/p+1. The van der Waals surface area contributed by atoms with E-state index in [0.29, 0.717) is 17.7 Å². The van der Waals surface area contributed by atoms with Crippen molar-refractivity contribution in [3.63, 3.8) is 0 Å². The number of quaternary nitrogens is 1. The Labute approximate surface area is 142 Å². The summed E-state index contributed by atoms with van der Waals surface area (Å²) in [4.78, 5) is 13.7. The number of amides is 1. The molecule has 0 atom stereocenters. The third-order valence-electron chi connectivity index (χ3n) is 4.67. The van der Waals surface area contributed by atoms with Crippen molar-refractivity contribution in [2.75, 3.05) is 13.1 Å². The summed E-state index contributed by atoms with van der Waals surface area (Å²) in [5, 5.41) is 2.84. The Balaban J connectivity index is 1.53. The van der Waals surface area contributed by atoms with Crippen LogP contribution in [0.25, 0.3) is 0 Å². The van der Waals surface area contributed by atoms with Crippen molar-refractivity contribution in [3.05, 3.63) is 70.5 Å². The van der Waals surface area contributed by atoms with Gasteiger partial charge in [0.1, 0.15) is 12.4 Å². The van der Waals surface area contributed by atoms with Gasteiger partial charge in [-0.25, -0.2) is 4.39 Å². The van der Waals surface area contributed by atoms with Crippen LogP contribution in [-0.2, 0) is 13.1 Å². The molecular weight excluding hydrogens is 303 g/mol. The van der Waals surface area contributed by atoms with E-state index >= 15 is 0 Å². The van der Waals surface area contributed by atoms with Gasteiger partial charge in [0.25, 0.3) is 5.91 Å². The van der Waals surface area contributed by atoms with Crippen LogP contribution in [0.4, 0.5) is 4.39 Å². The Bertz CT molecular complexity index is 706. The van der Waals surface area contributed by atoms with Crippen molar-refractivity contribution in [2.45, 2.75) is 32.9 Å². The molecule has 4 heteroatoms. The summed E-state index contributed by atoms with van der Waals surface area (Å²) < 4.78 is 13.5. The van der Waals surface area contributed by atoms with Crippen molar-refractivity contribution < 1.29 is 14.1 Å². The minimum absolute atomic E-state index is 0.250. The van der Waals surface area contributed by atoms with Gasteiger partial charge < -0.3 is 10.2 Å². The fourth-order valence-corrected chi connectivity index (χ4v) is 3.13. The number of halogens is 1. The first-order valence-corrected chi connectivity index (χ1v) is 8.57. The maximum atomic E-state index is 13.5. The number of hydrogen-bond acceptors (Lipinski definition) is 1. The molecule has 1 saturated heterocycles. The summed E-state index contributed by atoms with van der Waals surface area (Å²) in [6, 6.07) is 12.9. The second kappa shape index (κ2) is 7.58. The second-order valence-electron chi connectivity index (χ2n) is 6.60. The monoisotopic (exact) mass is 327 g/mol. The Morgan fingerprint density at radius 3 is 2.42 bits per heavy atom. The summed E-state index contributed by atoms with van der Waals surface area (Å²) in [5.74, 6) is -0.601.